The van der Waals surface area contributed by atoms with E-state index in [1.165, 1.54) is 20.0 Å². The molecule has 0 spiro atoms. The average Bonchev–Trinajstić information content (AvgIpc) is 3.52. The summed E-state index contributed by atoms with van der Waals surface area (Å²) in [5.74, 6) is 0.146. The summed E-state index contributed by atoms with van der Waals surface area (Å²) >= 11 is 1.02. The van der Waals surface area contributed by atoms with Crippen molar-refractivity contribution in [2.75, 3.05) is 20.2 Å². The van der Waals surface area contributed by atoms with Crippen LogP contribution in [0.3, 0.4) is 0 Å². The summed E-state index contributed by atoms with van der Waals surface area (Å²) in [6.07, 6.45) is 5.10. The third-order valence-electron chi connectivity index (χ3n) is 4.65. The molecular formula is C20H20N6O4S. The lowest BCUT2D eigenvalue weighted by atomic mass is 10.1. The Morgan fingerprint density at radius 3 is 2.84 bits per heavy atom. The first-order chi connectivity index (χ1) is 15.1. The quantitative estimate of drug-likeness (QED) is 0.313. The van der Waals surface area contributed by atoms with Gasteiger partial charge in [-0.25, -0.2) is 4.79 Å². The Kier molecular flexibility index (Phi) is 6.53. The number of hydrogen-bond acceptors (Lipinski definition) is 10. The predicted molar refractivity (Wildman–Crippen MR) is 115 cm³/mol. The molecule has 2 aliphatic rings. The van der Waals surface area contributed by atoms with Crippen LogP contribution in [0.25, 0.3) is 11.4 Å². The maximum Gasteiger partial charge on any atom is 0.331 e. The Balaban J connectivity index is 1.35. The summed E-state index contributed by atoms with van der Waals surface area (Å²) in [5, 5.41) is 14.8. The number of carbonyl (C=O) groups excluding carboxylic acids is 2. The van der Waals surface area contributed by atoms with Crippen LogP contribution in [0.5, 0.6) is 0 Å². The highest BCUT2D eigenvalue weighted by Crippen LogP contribution is 2.23. The number of carbonyl (C=O) groups is 2. The number of hydrogen-bond donors (Lipinski definition) is 1. The van der Waals surface area contributed by atoms with Gasteiger partial charge in [0.1, 0.15) is 0 Å². The van der Waals surface area contributed by atoms with Gasteiger partial charge in [0.15, 0.2) is 5.17 Å². The van der Waals surface area contributed by atoms with E-state index < -0.39 is 11.9 Å². The van der Waals surface area contributed by atoms with Gasteiger partial charge in [-0.3, -0.25) is 15.0 Å². The SMILES string of the molecule is COC(=O)/C=C1/S/C(=N\N=Cc2ccc(-c3noc(CN4CCCC4)n3)cc2)NC1=O. The van der Waals surface area contributed by atoms with E-state index in [1.54, 1.807) is 6.21 Å². The molecule has 1 aromatic carbocycles. The molecule has 1 aromatic heterocycles. The van der Waals surface area contributed by atoms with Crippen LogP contribution in [0, 0.1) is 0 Å². The second-order valence-corrected chi connectivity index (χ2v) is 7.89. The third-order valence-corrected chi connectivity index (χ3v) is 5.55. The molecular weight excluding hydrogens is 420 g/mol. The highest BCUT2D eigenvalue weighted by atomic mass is 32.2. The van der Waals surface area contributed by atoms with E-state index in [9.17, 15) is 9.59 Å². The molecule has 3 heterocycles. The number of amides is 1. The number of rotatable bonds is 6. The van der Waals surface area contributed by atoms with Gasteiger partial charge < -0.3 is 9.26 Å². The van der Waals surface area contributed by atoms with Gasteiger partial charge in [0.25, 0.3) is 5.91 Å². The van der Waals surface area contributed by atoms with Crippen molar-refractivity contribution in [3.63, 3.8) is 0 Å². The van der Waals surface area contributed by atoms with Crippen LogP contribution in [0.4, 0.5) is 0 Å². The summed E-state index contributed by atoms with van der Waals surface area (Å²) in [5.41, 5.74) is 1.66. The molecule has 0 bridgehead atoms. The zero-order chi connectivity index (χ0) is 21.6. The van der Waals surface area contributed by atoms with Crippen LogP contribution in [0.1, 0.15) is 24.3 Å². The summed E-state index contributed by atoms with van der Waals surface area (Å²) < 4.78 is 9.88. The predicted octanol–water partition coefficient (Wildman–Crippen LogP) is 1.94. The number of esters is 1. The molecule has 1 amide bonds. The summed E-state index contributed by atoms with van der Waals surface area (Å²) in [4.78, 5) is 30.0. The molecule has 4 rings (SSSR count). The Morgan fingerprint density at radius 2 is 2.10 bits per heavy atom. The fourth-order valence-corrected chi connectivity index (χ4v) is 3.81. The lowest BCUT2D eigenvalue weighted by molar-refractivity contribution is -0.135. The van der Waals surface area contributed by atoms with Gasteiger partial charge in [0, 0.05) is 11.6 Å². The molecule has 0 atom stereocenters. The molecule has 2 aliphatic heterocycles. The lowest BCUT2D eigenvalue weighted by Crippen LogP contribution is -2.19. The Morgan fingerprint density at radius 1 is 1.32 bits per heavy atom. The first kappa shape index (κ1) is 20.9. The summed E-state index contributed by atoms with van der Waals surface area (Å²) in [6, 6.07) is 7.47. The van der Waals surface area contributed by atoms with Gasteiger partial charge in [-0.15, -0.1) is 5.10 Å². The van der Waals surface area contributed by atoms with Crippen LogP contribution in [-0.4, -0.2) is 58.5 Å². The van der Waals surface area contributed by atoms with Gasteiger partial charge in [-0.1, -0.05) is 29.4 Å². The molecule has 2 saturated heterocycles. The van der Waals surface area contributed by atoms with E-state index in [-0.39, 0.29) is 10.1 Å². The van der Waals surface area contributed by atoms with E-state index >= 15 is 0 Å². The fourth-order valence-electron chi connectivity index (χ4n) is 3.08. The molecule has 10 nitrogen and oxygen atoms in total. The molecule has 11 heteroatoms. The number of amidine groups is 1. The van der Waals surface area contributed by atoms with Crippen molar-refractivity contribution in [3.8, 4) is 11.4 Å². The number of methoxy groups -OCH3 is 1. The van der Waals surface area contributed by atoms with Crippen molar-refractivity contribution in [2.24, 2.45) is 10.2 Å². The molecule has 0 unspecified atom stereocenters. The van der Waals surface area contributed by atoms with Crippen LogP contribution in [0.15, 0.2) is 50.0 Å². The van der Waals surface area contributed by atoms with E-state index in [4.69, 9.17) is 4.52 Å². The second-order valence-electron chi connectivity index (χ2n) is 6.85. The molecule has 2 aromatic rings. The Bertz CT molecular complexity index is 1050. The Hall–Kier alpha value is -3.31. The number of benzene rings is 1. The number of nitrogens with one attached hydrogen (secondary N) is 1. The molecule has 1 N–H and O–H groups in total. The van der Waals surface area contributed by atoms with E-state index in [0.29, 0.717) is 18.3 Å². The normalized spacial score (nSPS) is 19.6. The van der Waals surface area contributed by atoms with E-state index in [1.807, 2.05) is 24.3 Å². The standard InChI is InChI=1S/C20H20N6O4S/c1-29-17(27)10-15-19(28)23-20(31-15)24-21-11-13-4-6-14(7-5-13)18-22-16(30-25-18)12-26-8-2-3-9-26/h4-7,10-11H,2-3,8-9,12H2,1H3,(H,23,24,28)/b15-10+,21-11?. The highest BCUT2D eigenvalue weighted by molar-refractivity contribution is 8.18. The lowest BCUT2D eigenvalue weighted by Gasteiger charge is -2.09. The topological polar surface area (TPSA) is 122 Å². The minimum absolute atomic E-state index is 0.203. The number of nitrogens with zero attached hydrogens (tertiary/aromatic N) is 5. The van der Waals surface area contributed by atoms with Crippen LogP contribution >= 0.6 is 11.8 Å². The molecule has 160 valence electrons. The van der Waals surface area contributed by atoms with Gasteiger partial charge in [-0.05, 0) is 43.3 Å². The summed E-state index contributed by atoms with van der Waals surface area (Å²) in [7, 11) is 1.24. The molecule has 2 fully saturated rings. The number of aromatic nitrogens is 2. The molecule has 0 radical (unpaired) electrons. The van der Waals surface area contributed by atoms with Gasteiger partial charge in [0.2, 0.25) is 11.7 Å². The van der Waals surface area contributed by atoms with Crippen molar-refractivity contribution in [2.45, 2.75) is 19.4 Å². The number of ether oxygens (including phenoxy) is 1. The van der Waals surface area contributed by atoms with E-state index in [0.717, 1.165) is 42.1 Å². The zero-order valence-electron chi connectivity index (χ0n) is 16.8. The smallest absolute Gasteiger partial charge is 0.331 e. The largest absolute Gasteiger partial charge is 0.466 e. The van der Waals surface area contributed by atoms with Crippen LogP contribution in [-0.2, 0) is 20.9 Å². The van der Waals surface area contributed by atoms with Crippen molar-refractivity contribution in [1.82, 2.24) is 20.4 Å². The van der Waals surface area contributed by atoms with Crippen LogP contribution < -0.4 is 5.32 Å². The minimum atomic E-state index is -0.604. The fraction of sp³-hybridized carbons (Fsp3) is 0.300. The summed E-state index contributed by atoms with van der Waals surface area (Å²) in [6.45, 7) is 2.82. The number of thioether (sulfide) groups is 1. The first-order valence-electron chi connectivity index (χ1n) is 9.66. The number of likely N-dealkylation sites (tertiary alicyclic amines) is 1. The van der Waals surface area contributed by atoms with Crippen molar-refractivity contribution < 1.29 is 18.8 Å². The minimum Gasteiger partial charge on any atom is -0.466 e. The van der Waals surface area contributed by atoms with Crippen molar-refractivity contribution >= 4 is 35.0 Å². The van der Waals surface area contributed by atoms with Crippen molar-refractivity contribution in [1.29, 1.82) is 0 Å². The molecule has 31 heavy (non-hydrogen) atoms. The van der Waals surface area contributed by atoms with Crippen LogP contribution in [0.2, 0.25) is 0 Å². The monoisotopic (exact) mass is 440 g/mol. The maximum absolute atomic E-state index is 11.8. The molecule has 0 aliphatic carbocycles. The van der Waals surface area contributed by atoms with Gasteiger partial charge >= 0.3 is 5.97 Å². The highest BCUT2D eigenvalue weighted by Gasteiger charge is 2.25. The first-order valence-corrected chi connectivity index (χ1v) is 10.5. The zero-order valence-corrected chi connectivity index (χ0v) is 17.6. The third kappa shape index (κ3) is 5.44. The van der Waals surface area contributed by atoms with E-state index in [2.05, 4.69) is 35.3 Å². The van der Waals surface area contributed by atoms with Crippen molar-refractivity contribution in [3.05, 3.63) is 46.7 Å². The Labute approximate surface area is 182 Å². The van der Waals surface area contributed by atoms with Gasteiger partial charge in [0.05, 0.1) is 24.8 Å². The molecule has 0 saturated carbocycles. The average molecular weight is 440 g/mol. The van der Waals surface area contributed by atoms with Gasteiger partial charge in [-0.2, -0.15) is 10.1 Å². The maximum atomic E-state index is 11.8. The second kappa shape index (κ2) is 9.67.